The highest BCUT2D eigenvalue weighted by Crippen LogP contribution is 2.43. The van der Waals surface area contributed by atoms with Gasteiger partial charge in [-0.3, -0.25) is 18.6 Å². The number of hydrogen-bond acceptors (Lipinski definition) is 8. The molecule has 0 bridgehead atoms. The van der Waals surface area contributed by atoms with Crippen molar-refractivity contribution < 1.29 is 37.6 Å². The SMILES string of the molecule is CCCCCCCCCC/C=C\CCCCCCCCCCCCCCCCCCCC(=O)OC(COC(=O)CCCCCCCCCCCCCCCCCCCCCCCCCCCCCCCCCCCCCCC)COP(=O)(O)OCCN. The van der Waals surface area contributed by atoms with Gasteiger partial charge in [-0.15, -0.1) is 0 Å². The molecule has 0 aliphatic heterocycles. The van der Waals surface area contributed by atoms with Gasteiger partial charge < -0.3 is 20.1 Å². The summed E-state index contributed by atoms with van der Waals surface area (Å²) < 4.78 is 33.3. The molecule has 3 N–H and O–H groups in total. The van der Waals surface area contributed by atoms with E-state index in [9.17, 15) is 19.0 Å². The monoisotopic (exact) mass is 1250 g/mol. The summed E-state index contributed by atoms with van der Waals surface area (Å²) in [5, 5.41) is 0. The van der Waals surface area contributed by atoms with E-state index in [0.29, 0.717) is 6.42 Å². The first-order chi connectivity index (χ1) is 42.8. The van der Waals surface area contributed by atoms with Crippen molar-refractivity contribution in [1.29, 1.82) is 0 Å². The zero-order valence-electron chi connectivity index (χ0n) is 58.6. The lowest BCUT2D eigenvalue weighted by atomic mass is 10.0. The second-order valence-electron chi connectivity index (χ2n) is 26.9. The van der Waals surface area contributed by atoms with Gasteiger partial charge >= 0.3 is 19.8 Å². The summed E-state index contributed by atoms with van der Waals surface area (Å²) in [6.45, 7) is 3.84. The Labute approximate surface area is 542 Å². The van der Waals surface area contributed by atoms with Gasteiger partial charge in [0.15, 0.2) is 6.10 Å². The summed E-state index contributed by atoms with van der Waals surface area (Å²) in [7, 11) is -4.39. The van der Waals surface area contributed by atoms with Gasteiger partial charge in [-0.1, -0.05) is 398 Å². The van der Waals surface area contributed by atoms with E-state index < -0.39 is 26.5 Å². The first kappa shape index (κ1) is 85.8. The fourth-order valence-corrected chi connectivity index (χ4v) is 13.1. The molecule has 0 rings (SSSR count). The summed E-state index contributed by atoms with van der Waals surface area (Å²) in [6.07, 6.45) is 90.7. The van der Waals surface area contributed by atoms with Crippen LogP contribution in [0.5, 0.6) is 0 Å². The molecular formula is C77H152NO8P. The highest BCUT2D eigenvalue weighted by Gasteiger charge is 2.26. The molecule has 0 amide bonds. The number of carbonyl (C=O) groups is 2. The van der Waals surface area contributed by atoms with E-state index in [4.69, 9.17) is 24.3 Å². The maximum absolute atomic E-state index is 12.8. The molecule has 518 valence electrons. The first-order valence-corrected chi connectivity index (χ1v) is 40.7. The van der Waals surface area contributed by atoms with Crippen molar-refractivity contribution in [2.75, 3.05) is 26.4 Å². The molecule has 87 heavy (non-hydrogen) atoms. The molecule has 0 heterocycles. The third-order valence-corrected chi connectivity index (χ3v) is 19.1. The van der Waals surface area contributed by atoms with Gasteiger partial charge in [0.1, 0.15) is 6.61 Å². The average Bonchev–Trinajstić information content (AvgIpc) is 3.63. The molecule has 0 radical (unpaired) electrons. The minimum absolute atomic E-state index is 0.0578. The summed E-state index contributed by atoms with van der Waals surface area (Å²) >= 11 is 0. The molecular weight excluding hydrogens is 1100 g/mol. The van der Waals surface area contributed by atoms with Crippen molar-refractivity contribution in [1.82, 2.24) is 0 Å². The Morgan fingerprint density at radius 3 is 0.816 bits per heavy atom. The smallest absolute Gasteiger partial charge is 0.462 e. The zero-order chi connectivity index (χ0) is 63.0. The van der Waals surface area contributed by atoms with Crippen molar-refractivity contribution in [2.45, 2.75) is 444 Å². The highest BCUT2D eigenvalue weighted by atomic mass is 31.2. The quantitative estimate of drug-likeness (QED) is 0.0264. The van der Waals surface area contributed by atoms with Gasteiger partial charge in [-0.25, -0.2) is 4.57 Å². The molecule has 0 saturated carbocycles. The largest absolute Gasteiger partial charge is 0.472 e. The lowest BCUT2D eigenvalue weighted by Gasteiger charge is -2.19. The van der Waals surface area contributed by atoms with Crippen LogP contribution < -0.4 is 5.73 Å². The Bertz CT molecular complexity index is 1430. The van der Waals surface area contributed by atoms with Crippen LogP contribution in [0.1, 0.15) is 438 Å². The van der Waals surface area contributed by atoms with E-state index in [1.165, 1.54) is 372 Å². The van der Waals surface area contributed by atoms with Crippen LogP contribution >= 0.6 is 7.82 Å². The maximum atomic E-state index is 12.8. The predicted octanol–water partition coefficient (Wildman–Crippen LogP) is 25.9. The third kappa shape index (κ3) is 73.7. The number of carbonyl (C=O) groups excluding carboxylic acids is 2. The minimum Gasteiger partial charge on any atom is -0.462 e. The molecule has 0 aliphatic carbocycles. The molecule has 0 fully saturated rings. The van der Waals surface area contributed by atoms with Crippen LogP contribution in [0.2, 0.25) is 0 Å². The number of ether oxygens (including phenoxy) is 2. The molecule has 10 heteroatoms. The second-order valence-corrected chi connectivity index (χ2v) is 28.4. The fourth-order valence-electron chi connectivity index (χ4n) is 12.3. The molecule has 0 aromatic heterocycles. The van der Waals surface area contributed by atoms with E-state index in [1.54, 1.807) is 0 Å². The molecule has 0 aliphatic rings. The van der Waals surface area contributed by atoms with Gasteiger partial charge in [0.2, 0.25) is 0 Å². The van der Waals surface area contributed by atoms with Gasteiger partial charge in [-0.05, 0) is 38.5 Å². The van der Waals surface area contributed by atoms with Crippen LogP contribution in [-0.4, -0.2) is 49.3 Å². The Morgan fingerprint density at radius 2 is 0.563 bits per heavy atom. The Hall–Kier alpha value is -1.25. The van der Waals surface area contributed by atoms with Crippen molar-refractivity contribution in [3.05, 3.63) is 12.2 Å². The van der Waals surface area contributed by atoms with Crippen molar-refractivity contribution >= 4 is 19.8 Å². The van der Waals surface area contributed by atoms with Crippen LogP contribution in [0, 0.1) is 0 Å². The van der Waals surface area contributed by atoms with E-state index in [-0.39, 0.29) is 38.6 Å². The molecule has 0 aromatic rings. The maximum Gasteiger partial charge on any atom is 0.472 e. The predicted molar refractivity (Wildman–Crippen MR) is 377 cm³/mol. The van der Waals surface area contributed by atoms with E-state index in [2.05, 4.69) is 26.0 Å². The van der Waals surface area contributed by atoms with Crippen LogP contribution in [0.3, 0.4) is 0 Å². The van der Waals surface area contributed by atoms with Crippen molar-refractivity contribution in [2.24, 2.45) is 5.73 Å². The molecule has 9 nitrogen and oxygen atoms in total. The summed E-state index contributed by atoms with van der Waals surface area (Å²) in [4.78, 5) is 35.4. The standard InChI is InChI=1S/C77H152NO8P/c1-3-5-7-9-11-13-15-17-19-21-23-25-27-29-31-33-34-35-36-37-38-39-40-42-43-45-47-49-51-53-55-57-59-61-63-65-67-69-76(79)83-73-75(74-85-87(81,82)84-72-71-78)86-77(80)70-68-66-64-62-60-58-56-54-52-50-48-46-44-41-32-30-28-26-24-22-20-18-16-14-12-10-8-6-4-2/h22,24,75H,3-21,23,25-74,78H2,1-2H3,(H,81,82)/b24-22-. The number of unbranched alkanes of at least 4 members (excludes halogenated alkanes) is 61. The molecule has 0 spiro atoms. The van der Waals surface area contributed by atoms with E-state index in [0.717, 1.165) is 32.1 Å². The number of rotatable bonds is 76. The van der Waals surface area contributed by atoms with Crippen LogP contribution in [0.15, 0.2) is 12.2 Å². The number of phosphoric acid groups is 1. The highest BCUT2D eigenvalue weighted by molar-refractivity contribution is 7.47. The topological polar surface area (TPSA) is 134 Å². The van der Waals surface area contributed by atoms with Crippen molar-refractivity contribution in [3.63, 3.8) is 0 Å². The molecule has 2 unspecified atom stereocenters. The number of allylic oxidation sites excluding steroid dienone is 2. The molecule has 0 aromatic carbocycles. The normalized spacial score (nSPS) is 12.8. The van der Waals surface area contributed by atoms with E-state index in [1.807, 2.05) is 0 Å². The van der Waals surface area contributed by atoms with Gasteiger partial charge in [0.05, 0.1) is 13.2 Å². The molecule has 2 atom stereocenters. The third-order valence-electron chi connectivity index (χ3n) is 18.2. The number of esters is 2. The lowest BCUT2D eigenvalue weighted by Crippen LogP contribution is -2.29. The first-order valence-electron chi connectivity index (χ1n) is 39.2. The van der Waals surface area contributed by atoms with Crippen LogP contribution in [0.25, 0.3) is 0 Å². The number of hydrogen-bond donors (Lipinski definition) is 2. The summed E-state index contributed by atoms with van der Waals surface area (Å²) in [6, 6.07) is 0. The fraction of sp³-hybridized carbons (Fsp3) is 0.948. The lowest BCUT2D eigenvalue weighted by molar-refractivity contribution is -0.161. The Kier molecular flexibility index (Phi) is 72.7. The molecule has 0 saturated heterocycles. The average molecular weight is 1250 g/mol. The van der Waals surface area contributed by atoms with Gasteiger partial charge in [0.25, 0.3) is 0 Å². The number of phosphoric ester groups is 1. The minimum atomic E-state index is -4.39. The second kappa shape index (κ2) is 73.8. The Balaban J connectivity index is 3.73. The number of nitrogens with two attached hydrogens (primary N) is 1. The summed E-state index contributed by atoms with van der Waals surface area (Å²) in [5.41, 5.74) is 5.41. The Morgan fingerprint density at radius 1 is 0.333 bits per heavy atom. The van der Waals surface area contributed by atoms with Crippen LogP contribution in [-0.2, 0) is 32.7 Å². The van der Waals surface area contributed by atoms with Crippen LogP contribution in [0.4, 0.5) is 0 Å². The summed E-state index contributed by atoms with van der Waals surface area (Å²) in [5.74, 6) is -0.798. The van der Waals surface area contributed by atoms with Gasteiger partial charge in [-0.2, -0.15) is 0 Å². The van der Waals surface area contributed by atoms with Gasteiger partial charge in [0, 0.05) is 19.4 Å². The zero-order valence-corrected chi connectivity index (χ0v) is 59.5. The van der Waals surface area contributed by atoms with Crippen molar-refractivity contribution in [3.8, 4) is 0 Å². The van der Waals surface area contributed by atoms with E-state index >= 15 is 0 Å².